The largest absolute Gasteiger partial charge is 0.326 e. The maximum absolute atomic E-state index is 6.49. The minimum absolute atomic E-state index is 0.366. The quantitative estimate of drug-likeness (QED) is 0.892. The van der Waals surface area contributed by atoms with Gasteiger partial charge in [0.05, 0.1) is 0 Å². The van der Waals surface area contributed by atoms with Crippen LogP contribution in [0.3, 0.4) is 0 Å². The third-order valence-corrected chi connectivity index (χ3v) is 5.73. The molecule has 21 heavy (non-hydrogen) atoms. The monoisotopic (exact) mass is 286 g/mol. The topological polar surface area (TPSA) is 29.3 Å². The van der Waals surface area contributed by atoms with Gasteiger partial charge in [-0.3, -0.25) is 4.90 Å². The molecule has 0 spiro atoms. The van der Waals surface area contributed by atoms with Crippen molar-refractivity contribution in [2.45, 2.75) is 63.5 Å². The van der Waals surface area contributed by atoms with Crippen molar-refractivity contribution in [3.8, 4) is 0 Å². The van der Waals surface area contributed by atoms with Crippen molar-refractivity contribution < 1.29 is 0 Å². The summed E-state index contributed by atoms with van der Waals surface area (Å²) in [6.45, 7) is 4.73. The summed E-state index contributed by atoms with van der Waals surface area (Å²) in [6.07, 6.45) is 7.96. The normalized spacial score (nSPS) is 30.3. The zero-order chi connectivity index (χ0) is 14.7. The molecule has 0 radical (unpaired) electrons. The molecule has 0 aliphatic heterocycles. The van der Waals surface area contributed by atoms with Crippen LogP contribution in [0.1, 0.15) is 56.9 Å². The Morgan fingerprint density at radius 1 is 1.10 bits per heavy atom. The summed E-state index contributed by atoms with van der Waals surface area (Å²) in [6, 6.07) is 12.0. The first-order chi connectivity index (χ1) is 10.3. The molecular formula is C19H30N2. The van der Waals surface area contributed by atoms with E-state index in [0.717, 1.165) is 12.5 Å². The van der Waals surface area contributed by atoms with Gasteiger partial charge in [0.1, 0.15) is 0 Å². The summed E-state index contributed by atoms with van der Waals surface area (Å²) in [5.41, 5.74) is 8.00. The molecule has 3 rings (SSSR count). The average Bonchev–Trinajstić information content (AvgIpc) is 2.48. The van der Waals surface area contributed by atoms with E-state index in [1.807, 2.05) is 0 Å². The van der Waals surface area contributed by atoms with Crippen molar-refractivity contribution in [1.29, 1.82) is 0 Å². The minimum Gasteiger partial charge on any atom is -0.326 e. The molecule has 2 aliphatic carbocycles. The highest BCUT2D eigenvalue weighted by atomic mass is 15.2. The molecule has 2 nitrogen and oxygen atoms in total. The van der Waals surface area contributed by atoms with E-state index in [9.17, 15) is 0 Å². The van der Waals surface area contributed by atoms with Crippen LogP contribution in [0.5, 0.6) is 0 Å². The van der Waals surface area contributed by atoms with Gasteiger partial charge in [-0.05, 0) is 56.0 Å². The molecule has 0 heterocycles. The van der Waals surface area contributed by atoms with Gasteiger partial charge >= 0.3 is 0 Å². The van der Waals surface area contributed by atoms with Crippen molar-refractivity contribution in [3.05, 3.63) is 35.9 Å². The summed E-state index contributed by atoms with van der Waals surface area (Å²) < 4.78 is 0. The van der Waals surface area contributed by atoms with Crippen molar-refractivity contribution in [2.24, 2.45) is 11.7 Å². The number of benzene rings is 1. The number of nitrogens with two attached hydrogens (primary N) is 1. The van der Waals surface area contributed by atoms with Crippen molar-refractivity contribution >= 4 is 0 Å². The number of rotatable bonds is 5. The maximum Gasteiger partial charge on any atom is 0.0253 e. The van der Waals surface area contributed by atoms with E-state index in [-0.39, 0.29) is 0 Å². The van der Waals surface area contributed by atoms with Gasteiger partial charge in [-0.25, -0.2) is 0 Å². The van der Waals surface area contributed by atoms with E-state index in [4.69, 9.17) is 5.73 Å². The summed E-state index contributed by atoms with van der Waals surface area (Å²) in [4.78, 5) is 2.68. The maximum atomic E-state index is 6.49. The molecule has 2 aliphatic rings. The van der Waals surface area contributed by atoms with Gasteiger partial charge < -0.3 is 5.73 Å². The van der Waals surface area contributed by atoms with E-state index in [1.165, 1.54) is 50.6 Å². The molecule has 2 heteroatoms. The Bertz CT molecular complexity index is 426. The zero-order valence-corrected chi connectivity index (χ0v) is 13.4. The second-order valence-corrected chi connectivity index (χ2v) is 7.04. The van der Waals surface area contributed by atoms with Crippen LogP contribution in [-0.4, -0.2) is 30.1 Å². The van der Waals surface area contributed by atoms with Gasteiger partial charge in [0, 0.05) is 18.6 Å². The highest BCUT2D eigenvalue weighted by Gasteiger charge is 2.34. The third-order valence-electron chi connectivity index (χ3n) is 5.73. The Hall–Kier alpha value is -0.860. The van der Waals surface area contributed by atoms with Crippen molar-refractivity contribution in [1.82, 2.24) is 4.90 Å². The van der Waals surface area contributed by atoms with Crippen LogP contribution in [0.2, 0.25) is 0 Å². The molecule has 2 saturated carbocycles. The highest BCUT2D eigenvalue weighted by Crippen LogP contribution is 2.36. The molecule has 0 aromatic heterocycles. The lowest BCUT2D eigenvalue weighted by atomic mass is 9.77. The number of nitrogens with zero attached hydrogens (tertiary/aromatic N) is 1. The van der Waals surface area contributed by atoms with Gasteiger partial charge in [-0.1, -0.05) is 43.7 Å². The molecule has 1 aromatic carbocycles. The van der Waals surface area contributed by atoms with E-state index in [0.29, 0.717) is 18.0 Å². The SMILES string of the molecule is CCN(CC1CCC1)C1CC(c2ccccc2)CCC1N. The van der Waals surface area contributed by atoms with E-state index in [1.54, 1.807) is 0 Å². The second-order valence-electron chi connectivity index (χ2n) is 7.04. The molecular weight excluding hydrogens is 256 g/mol. The Morgan fingerprint density at radius 2 is 1.86 bits per heavy atom. The zero-order valence-electron chi connectivity index (χ0n) is 13.4. The molecule has 3 atom stereocenters. The predicted octanol–water partition coefficient (Wildman–Crippen LogP) is 3.77. The molecule has 2 N–H and O–H groups in total. The fourth-order valence-electron chi connectivity index (χ4n) is 4.12. The fourth-order valence-corrected chi connectivity index (χ4v) is 4.12. The fraction of sp³-hybridized carbons (Fsp3) is 0.684. The number of hydrogen-bond donors (Lipinski definition) is 1. The van der Waals surface area contributed by atoms with Gasteiger partial charge in [-0.15, -0.1) is 0 Å². The molecule has 0 amide bonds. The average molecular weight is 286 g/mol. The van der Waals surface area contributed by atoms with E-state index < -0.39 is 0 Å². The van der Waals surface area contributed by atoms with E-state index in [2.05, 4.69) is 42.2 Å². The molecule has 116 valence electrons. The second kappa shape index (κ2) is 6.93. The van der Waals surface area contributed by atoms with Gasteiger partial charge in [0.2, 0.25) is 0 Å². The summed E-state index contributed by atoms with van der Waals surface area (Å²) >= 11 is 0. The first kappa shape index (κ1) is 15.1. The van der Waals surface area contributed by atoms with Crippen LogP contribution in [-0.2, 0) is 0 Å². The van der Waals surface area contributed by atoms with Crippen LogP contribution >= 0.6 is 0 Å². The lowest BCUT2D eigenvalue weighted by Gasteiger charge is -2.43. The minimum atomic E-state index is 0.366. The standard InChI is InChI=1S/C19H30N2/c1-2-21(14-15-7-6-8-15)19-13-17(11-12-18(19)20)16-9-4-3-5-10-16/h3-5,9-10,15,17-19H,2,6-8,11-14,20H2,1H3. The first-order valence-corrected chi connectivity index (χ1v) is 8.82. The Labute approximate surface area is 129 Å². The molecule has 2 fully saturated rings. The first-order valence-electron chi connectivity index (χ1n) is 8.82. The Kier molecular flexibility index (Phi) is 4.97. The lowest BCUT2D eigenvalue weighted by molar-refractivity contribution is 0.0946. The Morgan fingerprint density at radius 3 is 2.48 bits per heavy atom. The smallest absolute Gasteiger partial charge is 0.0253 e. The lowest BCUT2D eigenvalue weighted by Crippen LogP contribution is -2.52. The number of hydrogen-bond acceptors (Lipinski definition) is 2. The summed E-state index contributed by atoms with van der Waals surface area (Å²) in [5.74, 6) is 1.64. The Balaban J connectivity index is 1.67. The van der Waals surface area contributed by atoms with Gasteiger partial charge in [0.15, 0.2) is 0 Å². The van der Waals surface area contributed by atoms with Crippen molar-refractivity contribution in [2.75, 3.05) is 13.1 Å². The molecule has 1 aromatic rings. The number of likely N-dealkylation sites (N-methyl/N-ethyl adjacent to an activating group) is 1. The van der Waals surface area contributed by atoms with E-state index >= 15 is 0 Å². The molecule has 3 unspecified atom stereocenters. The summed E-state index contributed by atoms with van der Waals surface area (Å²) in [5, 5.41) is 0. The van der Waals surface area contributed by atoms with Gasteiger partial charge in [0.25, 0.3) is 0 Å². The van der Waals surface area contributed by atoms with Crippen molar-refractivity contribution in [3.63, 3.8) is 0 Å². The highest BCUT2D eigenvalue weighted by molar-refractivity contribution is 5.21. The third kappa shape index (κ3) is 3.49. The van der Waals surface area contributed by atoms with Crippen LogP contribution in [0, 0.1) is 5.92 Å². The van der Waals surface area contributed by atoms with Gasteiger partial charge in [-0.2, -0.15) is 0 Å². The van der Waals surface area contributed by atoms with Crippen LogP contribution in [0.15, 0.2) is 30.3 Å². The van der Waals surface area contributed by atoms with Crippen LogP contribution in [0.25, 0.3) is 0 Å². The summed E-state index contributed by atoms with van der Waals surface area (Å²) in [7, 11) is 0. The predicted molar refractivity (Wildman–Crippen MR) is 89.4 cm³/mol. The molecule has 0 saturated heterocycles. The van der Waals surface area contributed by atoms with Crippen LogP contribution in [0.4, 0.5) is 0 Å². The van der Waals surface area contributed by atoms with Crippen LogP contribution < -0.4 is 5.73 Å². The molecule has 0 bridgehead atoms.